The zero-order valence-electron chi connectivity index (χ0n) is 18.9. The van der Waals surface area contributed by atoms with E-state index in [-0.39, 0.29) is 35.1 Å². The molecular formula is C24H22FN5O4S. The van der Waals surface area contributed by atoms with Crippen LogP contribution in [0.25, 0.3) is 11.3 Å². The minimum atomic E-state index is -0.739. The molecule has 2 unspecified atom stereocenters. The molecule has 0 saturated carbocycles. The van der Waals surface area contributed by atoms with Gasteiger partial charge in [-0.05, 0) is 30.2 Å². The lowest BCUT2D eigenvalue weighted by molar-refractivity contribution is -0.117. The second kappa shape index (κ2) is 10.0. The highest BCUT2D eigenvalue weighted by Gasteiger charge is 2.29. The fraction of sp³-hybridized carbons (Fsp3) is 0.208. The third-order valence-corrected chi connectivity index (χ3v) is 6.34. The number of anilines is 1. The molecule has 9 nitrogen and oxygen atoms in total. The molecule has 1 aliphatic carbocycles. The summed E-state index contributed by atoms with van der Waals surface area (Å²) in [6.45, 7) is 1.64. The van der Waals surface area contributed by atoms with Gasteiger partial charge in [0, 0.05) is 48.8 Å². The fourth-order valence-electron chi connectivity index (χ4n) is 3.52. The summed E-state index contributed by atoms with van der Waals surface area (Å²) in [7, 11) is 1.66. The lowest BCUT2D eigenvalue weighted by Gasteiger charge is -2.24. The molecule has 3 aromatic heterocycles. The van der Waals surface area contributed by atoms with Crippen LogP contribution in [0.1, 0.15) is 23.7 Å². The number of pyridine rings is 2. The maximum Gasteiger partial charge on any atom is 0.254 e. The molecule has 35 heavy (non-hydrogen) atoms. The van der Waals surface area contributed by atoms with Crippen LogP contribution >= 0.6 is 11.3 Å². The molecule has 3 heterocycles. The molecule has 1 aliphatic rings. The maximum absolute atomic E-state index is 15.0. The van der Waals surface area contributed by atoms with E-state index in [0.29, 0.717) is 16.4 Å². The van der Waals surface area contributed by atoms with Gasteiger partial charge in [-0.3, -0.25) is 14.4 Å². The first-order valence-electron chi connectivity index (χ1n) is 10.7. The van der Waals surface area contributed by atoms with Crippen LogP contribution in [0.5, 0.6) is 5.88 Å². The number of aromatic nitrogens is 3. The Morgan fingerprint density at radius 2 is 2.14 bits per heavy atom. The first-order valence-corrected chi connectivity index (χ1v) is 11.5. The molecule has 0 radical (unpaired) electrons. The van der Waals surface area contributed by atoms with Crippen molar-refractivity contribution in [3.63, 3.8) is 0 Å². The number of nitrogens with one attached hydrogen (secondary N) is 1. The Balaban J connectivity index is 1.40. The normalized spacial score (nSPS) is 17.3. The number of nitrogens with two attached hydrogens (primary N) is 1. The van der Waals surface area contributed by atoms with E-state index >= 15 is 4.39 Å². The highest BCUT2D eigenvalue weighted by atomic mass is 32.1. The number of hydrogen-bond donors (Lipinski definition) is 2. The van der Waals surface area contributed by atoms with Crippen molar-refractivity contribution in [2.24, 2.45) is 24.6 Å². The van der Waals surface area contributed by atoms with E-state index in [1.807, 2.05) is 0 Å². The van der Waals surface area contributed by atoms with Gasteiger partial charge in [0.05, 0.1) is 5.69 Å². The quantitative estimate of drug-likeness (QED) is 0.517. The van der Waals surface area contributed by atoms with Crippen LogP contribution in [0.4, 0.5) is 9.52 Å². The van der Waals surface area contributed by atoms with Gasteiger partial charge in [-0.15, -0.1) is 11.3 Å². The van der Waals surface area contributed by atoms with Crippen molar-refractivity contribution in [2.75, 3.05) is 5.32 Å². The Hall–Kier alpha value is -4.12. The third-order valence-electron chi connectivity index (χ3n) is 5.59. The highest BCUT2D eigenvalue weighted by Crippen LogP contribution is 2.34. The van der Waals surface area contributed by atoms with Gasteiger partial charge < -0.3 is 20.4 Å². The number of carbonyl (C=O) groups is 2. The van der Waals surface area contributed by atoms with Crippen molar-refractivity contribution < 1.29 is 18.7 Å². The number of thiazole rings is 1. The van der Waals surface area contributed by atoms with Gasteiger partial charge in [0.25, 0.3) is 11.5 Å². The number of amides is 2. The Labute approximate surface area is 203 Å². The van der Waals surface area contributed by atoms with Gasteiger partial charge in [-0.1, -0.05) is 13.0 Å². The minimum absolute atomic E-state index is 0.0231. The van der Waals surface area contributed by atoms with Crippen molar-refractivity contribution in [3.8, 4) is 17.1 Å². The van der Waals surface area contributed by atoms with Gasteiger partial charge in [-0.25, -0.2) is 14.4 Å². The van der Waals surface area contributed by atoms with Crippen LogP contribution in [-0.4, -0.2) is 26.3 Å². The molecule has 180 valence electrons. The van der Waals surface area contributed by atoms with Crippen molar-refractivity contribution in [1.29, 1.82) is 0 Å². The topological polar surface area (TPSA) is 129 Å². The number of aryl methyl sites for hydroxylation is 1. The molecule has 0 aliphatic heterocycles. The molecule has 0 aromatic carbocycles. The summed E-state index contributed by atoms with van der Waals surface area (Å²) < 4.78 is 22.0. The summed E-state index contributed by atoms with van der Waals surface area (Å²) in [5.41, 5.74) is 6.43. The number of allylic oxidation sites excluding steroid dienone is 3. The molecule has 0 saturated heterocycles. The first-order chi connectivity index (χ1) is 16.7. The zero-order valence-corrected chi connectivity index (χ0v) is 19.7. The van der Waals surface area contributed by atoms with Crippen LogP contribution in [0.2, 0.25) is 0 Å². The number of carbonyl (C=O) groups excluding carboxylic acids is 2. The number of primary amides is 1. The molecule has 2 atom stereocenters. The maximum atomic E-state index is 15.0. The Kier molecular flexibility index (Phi) is 6.87. The first kappa shape index (κ1) is 24.0. The average Bonchev–Trinajstić information content (AvgIpc) is 3.29. The van der Waals surface area contributed by atoms with Crippen molar-refractivity contribution in [2.45, 2.75) is 13.3 Å². The van der Waals surface area contributed by atoms with E-state index in [4.69, 9.17) is 10.5 Å². The van der Waals surface area contributed by atoms with Crippen molar-refractivity contribution >= 4 is 28.3 Å². The summed E-state index contributed by atoms with van der Waals surface area (Å²) in [5, 5.41) is 4.86. The van der Waals surface area contributed by atoms with Crippen LogP contribution < -0.4 is 21.3 Å². The van der Waals surface area contributed by atoms with E-state index in [2.05, 4.69) is 15.3 Å². The third kappa shape index (κ3) is 5.35. The lowest BCUT2D eigenvalue weighted by Crippen LogP contribution is -2.23. The average molecular weight is 496 g/mol. The largest absolute Gasteiger partial charge is 0.435 e. The number of rotatable bonds is 7. The minimum Gasteiger partial charge on any atom is -0.435 e. The smallest absolute Gasteiger partial charge is 0.254 e. The zero-order chi connectivity index (χ0) is 25.1. The summed E-state index contributed by atoms with van der Waals surface area (Å²) in [6, 6.07) is 6.20. The van der Waals surface area contributed by atoms with E-state index in [9.17, 15) is 14.4 Å². The fourth-order valence-corrected chi connectivity index (χ4v) is 4.25. The van der Waals surface area contributed by atoms with Crippen molar-refractivity contribution in [3.05, 3.63) is 81.7 Å². The number of hydrogen-bond acceptors (Lipinski definition) is 7. The van der Waals surface area contributed by atoms with Gasteiger partial charge >= 0.3 is 0 Å². The van der Waals surface area contributed by atoms with Gasteiger partial charge in [0.15, 0.2) is 10.9 Å². The number of nitrogens with zero attached hydrogens (tertiary/aromatic N) is 3. The van der Waals surface area contributed by atoms with E-state index < -0.39 is 23.6 Å². The SMILES string of the molecule is CC1C(F)=C(Oc2ncccc2C(N)=O)C=CC1CC(=O)Nc1nc(-c2ccn(C)c(=O)c2)cs1. The predicted octanol–water partition coefficient (Wildman–Crippen LogP) is 3.41. The van der Waals surface area contributed by atoms with Crippen LogP contribution in [0, 0.1) is 11.8 Å². The predicted molar refractivity (Wildman–Crippen MR) is 129 cm³/mol. The molecule has 4 rings (SSSR count). The van der Waals surface area contributed by atoms with Gasteiger partial charge in [0.1, 0.15) is 11.4 Å². The standard InChI is InChI=1S/C24H22FN5O4S/c1-13-14(5-6-18(21(13)25)34-23-16(22(26)33)4-3-8-27-23)10-19(31)29-24-28-17(12-35-24)15-7-9-30(2)20(32)11-15/h3-9,11-14H,10H2,1-2H3,(H2,26,33)(H,28,29,31). The summed E-state index contributed by atoms with van der Waals surface area (Å²) in [5.74, 6) is -2.87. The summed E-state index contributed by atoms with van der Waals surface area (Å²) >= 11 is 1.23. The number of ether oxygens (including phenoxy) is 1. The molecule has 0 spiro atoms. The molecule has 3 N–H and O–H groups in total. The molecule has 2 amide bonds. The molecule has 11 heteroatoms. The molecular weight excluding hydrogens is 473 g/mol. The van der Waals surface area contributed by atoms with Crippen LogP contribution in [-0.2, 0) is 11.8 Å². The Morgan fingerprint density at radius 3 is 2.89 bits per heavy atom. The van der Waals surface area contributed by atoms with Crippen LogP contribution in [0.3, 0.4) is 0 Å². The van der Waals surface area contributed by atoms with Gasteiger partial charge in [0.2, 0.25) is 11.8 Å². The number of halogens is 1. The molecule has 3 aromatic rings. The van der Waals surface area contributed by atoms with E-state index in [1.165, 1.54) is 46.4 Å². The Bertz CT molecular complexity index is 1410. The second-order valence-corrected chi connectivity index (χ2v) is 8.86. The molecule has 0 bridgehead atoms. The van der Waals surface area contributed by atoms with E-state index in [0.717, 1.165) is 0 Å². The van der Waals surface area contributed by atoms with Gasteiger partial charge in [-0.2, -0.15) is 0 Å². The highest BCUT2D eigenvalue weighted by molar-refractivity contribution is 7.14. The second-order valence-electron chi connectivity index (χ2n) is 8.00. The summed E-state index contributed by atoms with van der Waals surface area (Å²) in [6.07, 6.45) is 6.18. The monoisotopic (exact) mass is 495 g/mol. The van der Waals surface area contributed by atoms with Crippen molar-refractivity contribution in [1.82, 2.24) is 14.5 Å². The molecule has 0 fully saturated rings. The lowest BCUT2D eigenvalue weighted by atomic mass is 9.85. The van der Waals surface area contributed by atoms with Crippen LogP contribution in [0.15, 0.2) is 70.6 Å². The Morgan fingerprint density at radius 1 is 1.34 bits per heavy atom. The summed E-state index contributed by atoms with van der Waals surface area (Å²) in [4.78, 5) is 44.3. The van der Waals surface area contributed by atoms with E-state index in [1.54, 1.807) is 37.7 Å².